The second-order valence-corrected chi connectivity index (χ2v) is 6.08. The molecule has 1 aromatic rings. The monoisotopic (exact) mass is 254 g/mol. The highest BCUT2D eigenvalue weighted by molar-refractivity contribution is 7.11. The van der Waals surface area contributed by atoms with Crippen LogP contribution in [-0.2, 0) is 11.3 Å². The standard InChI is InChI=1S/C13H22N2OS/c1-11(10-15-5-7-16-8-6-15)14-9-13-4-3-12(2)17-13/h3-4,11,14H,5-10H2,1-2H3. The van der Waals surface area contributed by atoms with Crippen molar-refractivity contribution in [1.29, 1.82) is 0 Å². The first-order chi connectivity index (χ1) is 8.24. The molecule has 0 radical (unpaired) electrons. The summed E-state index contributed by atoms with van der Waals surface area (Å²) in [5.74, 6) is 0. The van der Waals surface area contributed by atoms with Crippen LogP contribution in [0.2, 0.25) is 0 Å². The van der Waals surface area contributed by atoms with Crippen LogP contribution in [0.4, 0.5) is 0 Å². The van der Waals surface area contributed by atoms with Crippen molar-refractivity contribution < 1.29 is 4.74 Å². The fourth-order valence-corrected chi connectivity index (χ4v) is 2.93. The average molecular weight is 254 g/mol. The molecule has 1 unspecified atom stereocenters. The van der Waals surface area contributed by atoms with Crippen LogP contribution in [0.15, 0.2) is 12.1 Å². The van der Waals surface area contributed by atoms with Crippen molar-refractivity contribution in [1.82, 2.24) is 10.2 Å². The van der Waals surface area contributed by atoms with Gasteiger partial charge in [0.05, 0.1) is 13.2 Å². The number of ether oxygens (including phenoxy) is 1. The molecule has 1 fully saturated rings. The maximum absolute atomic E-state index is 5.35. The van der Waals surface area contributed by atoms with E-state index < -0.39 is 0 Å². The summed E-state index contributed by atoms with van der Waals surface area (Å²) in [6.07, 6.45) is 0. The van der Waals surface area contributed by atoms with E-state index in [0.717, 1.165) is 39.4 Å². The zero-order valence-corrected chi connectivity index (χ0v) is 11.6. The molecular formula is C13H22N2OS. The second-order valence-electron chi connectivity index (χ2n) is 4.71. The Morgan fingerprint density at radius 2 is 2.18 bits per heavy atom. The van der Waals surface area contributed by atoms with Crippen molar-refractivity contribution >= 4 is 11.3 Å². The van der Waals surface area contributed by atoms with Crippen LogP contribution in [0.1, 0.15) is 16.7 Å². The van der Waals surface area contributed by atoms with E-state index in [-0.39, 0.29) is 0 Å². The highest BCUT2D eigenvalue weighted by Gasteiger charge is 2.13. The van der Waals surface area contributed by atoms with E-state index in [4.69, 9.17) is 4.74 Å². The van der Waals surface area contributed by atoms with E-state index in [2.05, 4.69) is 36.2 Å². The minimum atomic E-state index is 0.538. The molecule has 0 saturated carbocycles. The Morgan fingerprint density at radius 1 is 1.41 bits per heavy atom. The first kappa shape index (κ1) is 13.0. The highest BCUT2D eigenvalue weighted by atomic mass is 32.1. The van der Waals surface area contributed by atoms with Crippen molar-refractivity contribution in [2.75, 3.05) is 32.8 Å². The topological polar surface area (TPSA) is 24.5 Å². The van der Waals surface area contributed by atoms with Crippen LogP contribution in [0.5, 0.6) is 0 Å². The summed E-state index contributed by atoms with van der Waals surface area (Å²) in [5.41, 5.74) is 0. The first-order valence-corrected chi connectivity index (χ1v) is 7.14. The normalized spacial score (nSPS) is 19.4. The molecule has 2 heterocycles. The minimum Gasteiger partial charge on any atom is -0.379 e. The predicted molar refractivity (Wildman–Crippen MR) is 72.6 cm³/mol. The Labute approximate surface area is 108 Å². The minimum absolute atomic E-state index is 0.538. The molecule has 0 aromatic carbocycles. The van der Waals surface area contributed by atoms with E-state index >= 15 is 0 Å². The molecule has 1 N–H and O–H groups in total. The number of hydrogen-bond acceptors (Lipinski definition) is 4. The van der Waals surface area contributed by atoms with Gasteiger partial charge in [-0.1, -0.05) is 0 Å². The maximum atomic E-state index is 5.35. The lowest BCUT2D eigenvalue weighted by Gasteiger charge is -2.29. The molecule has 96 valence electrons. The van der Waals surface area contributed by atoms with Crippen molar-refractivity contribution in [3.8, 4) is 0 Å². The van der Waals surface area contributed by atoms with Gasteiger partial charge in [0, 0.05) is 42.0 Å². The molecule has 0 aliphatic carbocycles. The molecule has 2 rings (SSSR count). The Hall–Kier alpha value is -0.420. The summed E-state index contributed by atoms with van der Waals surface area (Å²) in [6, 6.07) is 4.94. The Kier molecular flexibility index (Phi) is 4.98. The van der Waals surface area contributed by atoms with E-state index in [1.807, 2.05) is 11.3 Å². The van der Waals surface area contributed by atoms with E-state index in [1.165, 1.54) is 9.75 Å². The summed E-state index contributed by atoms with van der Waals surface area (Å²) < 4.78 is 5.35. The van der Waals surface area contributed by atoms with Crippen LogP contribution in [0.25, 0.3) is 0 Å². The molecule has 1 atom stereocenters. The maximum Gasteiger partial charge on any atom is 0.0594 e. The third-order valence-corrected chi connectivity index (χ3v) is 4.06. The van der Waals surface area contributed by atoms with Gasteiger partial charge in [0.15, 0.2) is 0 Å². The first-order valence-electron chi connectivity index (χ1n) is 6.33. The SMILES string of the molecule is Cc1ccc(CNC(C)CN2CCOCC2)s1. The molecule has 1 saturated heterocycles. The lowest BCUT2D eigenvalue weighted by atomic mass is 10.3. The van der Waals surface area contributed by atoms with Gasteiger partial charge >= 0.3 is 0 Å². The zero-order valence-electron chi connectivity index (χ0n) is 10.7. The van der Waals surface area contributed by atoms with Gasteiger partial charge in [0.1, 0.15) is 0 Å². The molecule has 4 heteroatoms. The number of nitrogens with zero attached hydrogens (tertiary/aromatic N) is 1. The Bertz CT molecular complexity index is 334. The van der Waals surface area contributed by atoms with Crippen LogP contribution >= 0.6 is 11.3 Å². The third kappa shape index (κ3) is 4.39. The van der Waals surface area contributed by atoms with Crippen molar-refractivity contribution in [3.05, 3.63) is 21.9 Å². The van der Waals surface area contributed by atoms with Crippen molar-refractivity contribution in [3.63, 3.8) is 0 Å². The lowest BCUT2D eigenvalue weighted by molar-refractivity contribution is 0.0343. The molecule has 1 aromatic heterocycles. The summed E-state index contributed by atoms with van der Waals surface area (Å²) in [5, 5.41) is 3.59. The van der Waals surface area contributed by atoms with Gasteiger partial charge < -0.3 is 10.1 Å². The fourth-order valence-electron chi connectivity index (χ4n) is 2.09. The number of thiophene rings is 1. The molecular weight excluding hydrogens is 232 g/mol. The Morgan fingerprint density at radius 3 is 2.82 bits per heavy atom. The van der Waals surface area contributed by atoms with E-state index in [1.54, 1.807) is 0 Å². The van der Waals surface area contributed by atoms with Crippen LogP contribution in [0.3, 0.4) is 0 Å². The predicted octanol–water partition coefficient (Wildman–Crippen LogP) is 1.87. The number of morpholine rings is 1. The van der Waals surface area contributed by atoms with Gasteiger partial charge in [-0.15, -0.1) is 11.3 Å². The lowest BCUT2D eigenvalue weighted by Crippen LogP contribution is -2.44. The van der Waals surface area contributed by atoms with Crippen LogP contribution < -0.4 is 5.32 Å². The largest absolute Gasteiger partial charge is 0.379 e. The van der Waals surface area contributed by atoms with Gasteiger partial charge in [0.25, 0.3) is 0 Å². The molecule has 0 spiro atoms. The number of aryl methyl sites for hydroxylation is 1. The third-order valence-electron chi connectivity index (χ3n) is 3.06. The molecule has 0 bridgehead atoms. The van der Waals surface area contributed by atoms with Crippen molar-refractivity contribution in [2.45, 2.75) is 26.4 Å². The number of hydrogen-bond donors (Lipinski definition) is 1. The number of nitrogens with one attached hydrogen (secondary N) is 1. The quantitative estimate of drug-likeness (QED) is 0.868. The fraction of sp³-hybridized carbons (Fsp3) is 0.692. The summed E-state index contributed by atoms with van der Waals surface area (Å²) in [7, 11) is 0. The summed E-state index contributed by atoms with van der Waals surface area (Å²) >= 11 is 1.88. The molecule has 1 aliphatic rings. The second kappa shape index (κ2) is 6.50. The Balaban J connectivity index is 1.68. The summed E-state index contributed by atoms with van der Waals surface area (Å²) in [4.78, 5) is 5.29. The zero-order chi connectivity index (χ0) is 12.1. The van der Waals surface area contributed by atoms with Gasteiger partial charge in [-0.2, -0.15) is 0 Å². The van der Waals surface area contributed by atoms with Gasteiger partial charge in [-0.3, -0.25) is 4.90 Å². The average Bonchev–Trinajstić information content (AvgIpc) is 2.74. The van der Waals surface area contributed by atoms with E-state index in [9.17, 15) is 0 Å². The van der Waals surface area contributed by atoms with Crippen LogP contribution in [-0.4, -0.2) is 43.8 Å². The van der Waals surface area contributed by atoms with Gasteiger partial charge in [0.2, 0.25) is 0 Å². The molecule has 1 aliphatic heterocycles. The molecule has 17 heavy (non-hydrogen) atoms. The van der Waals surface area contributed by atoms with Crippen molar-refractivity contribution in [2.24, 2.45) is 0 Å². The highest BCUT2D eigenvalue weighted by Crippen LogP contribution is 2.14. The van der Waals surface area contributed by atoms with Crippen LogP contribution in [0, 0.1) is 6.92 Å². The van der Waals surface area contributed by atoms with Gasteiger partial charge in [-0.25, -0.2) is 0 Å². The van der Waals surface area contributed by atoms with Gasteiger partial charge in [-0.05, 0) is 26.0 Å². The summed E-state index contributed by atoms with van der Waals surface area (Å²) in [6.45, 7) is 10.4. The molecule has 3 nitrogen and oxygen atoms in total. The smallest absolute Gasteiger partial charge is 0.0594 e. The number of rotatable bonds is 5. The molecule has 0 amide bonds. The van der Waals surface area contributed by atoms with E-state index in [0.29, 0.717) is 6.04 Å².